The van der Waals surface area contributed by atoms with Crippen molar-refractivity contribution in [2.24, 2.45) is 11.7 Å². The van der Waals surface area contributed by atoms with Gasteiger partial charge in [-0.2, -0.15) is 0 Å². The first-order valence-corrected chi connectivity index (χ1v) is 6.84. The molecule has 1 aliphatic heterocycles. The molecule has 1 aromatic rings. The standard InChI is InChI=1S/C13H23N5O/c1-18(9-11-2-6-19-7-3-11)13-8-12(15-5-4-14)16-10-17-13/h8,10-11H,2-7,9,14H2,1H3,(H,15,16,17). The monoisotopic (exact) mass is 265 g/mol. The molecule has 0 amide bonds. The predicted molar refractivity (Wildman–Crippen MR) is 76.4 cm³/mol. The highest BCUT2D eigenvalue weighted by Gasteiger charge is 2.16. The number of hydrogen-bond acceptors (Lipinski definition) is 6. The summed E-state index contributed by atoms with van der Waals surface area (Å²) in [6, 6.07) is 1.97. The molecular formula is C13H23N5O. The van der Waals surface area contributed by atoms with E-state index in [1.165, 1.54) is 0 Å². The van der Waals surface area contributed by atoms with Crippen molar-refractivity contribution < 1.29 is 4.74 Å². The van der Waals surface area contributed by atoms with Crippen LogP contribution in [0.15, 0.2) is 12.4 Å². The van der Waals surface area contributed by atoms with Crippen molar-refractivity contribution in [2.75, 3.05) is 50.1 Å². The third kappa shape index (κ3) is 4.33. The van der Waals surface area contributed by atoms with Crippen LogP contribution in [0.4, 0.5) is 11.6 Å². The first kappa shape index (κ1) is 14.0. The number of rotatable bonds is 6. The number of aromatic nitrogens is 2. The van der Waals surface area contributed by atoms with Crippen molar-refractivity contribution >= 4 is 11.6 Å². The molecule has 0 aliphatic carbocycles. The SMILES string of the molecule is CN(CC1CCOCC1)c1cc(NCCN)ncn1. The normalized spacial score (nSPS) is 16.3. The van der Waals surface area contributed by atoms with Gasteiger partial charge in [0, 0.05) is 46.0 Å². The molecule has 1 aromatic heterocycles. The smallest absolute Gasteiger partial charge is 0.133 e. The zero-order valence-electron chi connectivity index (χ0n) is 11.5. The van der Waals surface area contributed by atoms with E-state index in [0.29, 0.717) is 12.5 Å². The Labute approximate surface area is 114 Å². The molecule has 0 unspecified atom stereocenters. The molecule has 0 radical (unpaired) electrons. The first-order valence-electron chi connectivity index (χ1n) is 6.84. The molecule has 6 heteroatoms. The van der Waals surface area contributed by atoms with E-state index in [9.17, 15) is 0 Å². The minimum atomic E-state index is 0.594. The Morgan fingerprint density at radius 1 is 1.42 bits per heavy atom. The number of hydrogen-bond donors (Lipinski definition) is 2. The van der Waals surface area contributed by atoms with Crippen LogP contribution in [-0.4, -0.2) is 49.9 Å². The summed E-state index contributed by atoms with van der Waals surface area (Å²) in [6.07, 6.45) is 3.86. The van der Waals surface area contributed by atoms with Gasteiger partial charge in [-0.05, 0) is 18.8 Å². The van der Waals surface area contributed by atoms with Gasteiger partial charge in [0.15, 0.2) is 0 Å². The lowest BCUT2D eigenvalue weighted by molar-refractivity contribution is 0.0685. The van der Waals surface area contributed by atoms with E-state index in [1.54, 1.807) is 6.33 Å². The number of anilines is 2. The fraction of sp³-hybridized carbons (Fsp3) is 0.692. The topological polar surface area (TPSA) is 76.3 Å². The van der Waals surface area contributed by atoms with Crippen LogP contribution in [0.2, 0.25) is 0 Å². The van der Waals surface area contributed by atoms with Crippen molar-refractivity contribution in [1.29, 1.82) is 0 Å². The summed E-state index contributed by atoms with van der Waals surface area (Å²) in [5.74, 6) is 2.46. The second-order valence-electron chi connectivity index (χ2n) is 4.91. The Bertz CT molecular complexity index is 381. The maximum Gasteiger partial charge on any atom is 0.133 e. The second-order valence-corrected chi connectivity index (χ2v) is 4.91. The lowest BCUT2D eigenvalue weighted by atomic mass is 10.00. The van der Waals surface area contributed by atoms with Crippen molar-refractivity contribution in [1.82, 2.24) is 9.97 Å². The molecule has 3 N–H and O–H groups in total. The number of nitrogens with zero attached hydrogens (tertiary/aromatic N) is 3. The molecular weight excluding hydrogens is 242 g/mol. The van der Waals surface area contributed by atoms with E-state index < -0.39 is 0 Å². The number of ether oxygens (including phenoxy) is 1. The summed E-state index contributed by atoms with van der Waals surface area (Å²) in [6.45, 7) is 4.09. The Morgan fingerprint density at radius 2 is 2.21 bits per heavy atom. The second kappa shape index (κ2) is 7.25. The van der Waals surface area contributed by atoms with E-state index in [4.69, 9.17) is 10.5 Å². The molecule has 2 heterocycles. The van der Waals surface area contributed by atoms with Crippen molar-refractivity contribution in [2.45, 2.75) is 12.8 Å². The van der Waals surface area contributed by atoms with E-state index in [1.807, 2.05) is 6.07 Å². The fourth-order valence-corrected chi connectivity index (χ4v) is 2.26. The number of nitrogens with two attached hydrogens (primary N) is 1. The maximum absolute atomic E-state index is 5.47. The minimum absolute atomic E-state index is 0.594. The molecule has 1 saturated heterocycles. The highest BCUT2D eigenvalue weighted by Crippen LogP contribution is 2.19. The Balaban J connectivity index is 1.91. The molecule has 0 saturated carbocycles. The van der Waals surface area contributed by atoms with Crippen molar-refractivity contribution in [3.05, 3.63) is 12.4 Å². The zero-order valence-corrected chi connectivity index (χ0v) is 11.5. The molecule has 106 valence electrons. The largest absolute Gasteiger partial charge is 0.381 e. The van der Waals surface area contributed by atoms with Gasteiger partial charge in [0.1, 0.15) is 18.0 Å². The van der Waals surface area contributed by atoms with Gasteiger partial charge in [-0.1, -0.05) is 0 Å². The van der Waals surface area contributed by atoms with Gasteiger partial charge >= 0.3 is 0 Å². The van der Waals surface area contributed by atoms with Crippen LogP contribution in [0.3, 0.4) is 0 Å². The molecule has 2 rings (SSSR count). The van der Waals surface area contributed by atoms with E-state index in [2.05, 4.69) is 27.2 Å². The van der Waals surface area contributed by atoms with E-state index in [-0.39, 0.29) is 0 Å². The summed E-state index contributed by atoms with van der Waals surface area (Å²) >= 11 is 0. The molecule has 0 spiro atoms. The lowest BCUT2D eigenvalue weighted by Crippen LogP contribution is -2.30. The average Bonchev–Trinajstić information content (AvgIpc) is 2.46. The summed E-state index contributed by atoms with van der Waals surface area (Å²) in [5, 5.41) is 3.17. The van der Waals surface area contributed by atoms with Crippen molar-refractivity contribution in [3.8, 4) is 0 Å². The van der Waals surface area contributed by atoms with Crippen LogP contribution in [0, 0.1) is 5.92 Å². The van der Waals surface area contributed by atoms with Gasteiger partial charge in [-0.15, -0.1) is 0 Å². The summed E-state index contributed by atoms with van der Waals surface area (Å²) < 4.78 is 5.38. The van der Waals surface area contributed by atoms with Gasteiger partial charge in [-0.3, -0.25) is 0 Å². The molecule has 1 aliphatic rings. The van der Waals surface area contributed by atoms with Crippen LogP contribution in [0.1, 0.15) is 12.8 Å². The van der Waals surface area contributed by atoms with Crippen LogP contribution >= 0.6 is 0 Å². The quantitative estimate of drug-likeness (QED) is 0.789. The van der Waals surface area contributed by atoms with Gasteiger partial charge in [-0.25, -0.2) is 9.97 Å². The lowest BCUT2D eigenvalue weighted by Gasteiger charge is -2.27. The molecule has 6 nitrogen and oxygen atoms in total. The highest BCUT2D eigenvalue weighted by molar-refractivity contribution is 5.47. The predicted octanol–water partition coefficient (Wildman–Crippen LogP) is 0.710. The Hall–Kier alpha value is -1.40. The van der Waals surface area contributed by atoms with Crippen LogP contribution in [-0.2, 0) is 4.74 Å². The van der Waals surface area contributed by atoms with E-state index >= 15 is 0 Å². The third-order valence-corrected chi connectivity index (χ3v) is 3.37. The van der Waals surface area contributed by atoms with Gasteiger partial charge < -0.3 is 20.7 Å². The summed E-state index contributed by atoms with van der Waals surface area (Å²) in [4.78, 5) is 10.7. The van der Waals surface area contributed by atoms with Crippen LogP contribution in [0.25, 0.3) is 0 Å². The van der Waals surface area contributed by atoms with E-state index in [0.717, 1.165) is 50.8 Å². The Kier molecular flexibility index (Phi) is 5.35. The molecule has 0 bridgehead atoms. The highest BCUT2D eigenvalue weighted by atomic mass is 16.5. The first-order chi connectivity index (χ1) is 9.29. The Morgan fingerprint density at radius 3 is 2.95 bits per heavy atom. The van der Waals surface area contributed by atoms with Gasteiger partial charge in [0.2, 0.25) is 0 Å². The zero-order chi connectivity index (χ0) is 13.5. The minimum Gasteiger partial charge on any atom is -0.381 e. The molecule has 0 aromatic carbocycles. The fourth-order valence-electron chi connectivity index (χ4n) is 2.26. The molecule has 19 heavy (non-hydrogen) atoms. The molecule has 0 atom stereocenters. The third-order valence-electron chi connectivity index (χ3n) is 3.37. The van der Waals surface area contributed by atoms with Crippen molar-refractivity contribution in [3.63, 3.8) is 0 Å². The average molecular weight is 265 g/mol. The molecule has 1 fully saturated rings. The number of nitrogens with one attached hydrogen (secondary N) is 1. The van der Waals surface area contributed by atoms with Crippen LogP contribution < -0.4 is 16.0 Å². The maximum atomic E-state index is 5.47. The summed E-state index contributed by atoms with van der Waals surface area (Å²) in [7, 11) is 2.07. The van der Waals surface area contributed by atoms with Crippen LogP contribution in [0.5, 0.6) is 0 Å². The van der Waals surface area contributed by atoms with Gasteiger partial charge in [0.25, 0.3) is 0 Å². The van der Waals surface area contributed by atoms with Gasteiger partial charge in [0.05, 0.1) is 0 Å². The summed E-state index contributed by atoms with van der Waals surface area (Å²) in [5.41, 5.74) is 5.47.